The summed E-state index contributed by atoms with van der Waals surface area (Å²) in [6, 6.07) is 5.29. The molecular weight excluding hydrogens is 265 g/mol. The number of ether oxygens (including phenoxy) is 1. The molecule has 1 N–H and O–H groups in total. The van der Waals surface area contributed by atoms with Gasteiger partial charge in [-0.25, -0.2) is 4.39 Å². The molecule has 0 bridgehead atoms. The molecule has 0 saturated heterocycles. The zero-order valence-electron chi connectivity index (χ0n) is 13.5. The van der Waals surface area contributed by atoms with Crippen molar-refractivity contribution in [2.45, 2.75) is 57.6 Å². The summed E-state index contributed by atoms with van der Waals surface area (Å²) in [4.78, 5) is 0. The first-order chi connectivity index (χ1) is 10.2. The predicted molar refractivity (Wildman–Crippen MR) is 85.1 cm³/mol. The number of halogens is 1. The van der Waals surface area contributed by atoms with E-state index in [9.17, 15) is 4.39 Å². The molecule has 1 aromatic rings. The van der Waals surface area contributed by atoms with E-state index in [0.717, 1.165) is 17.5 Å². The quantitative estimate of drug-likeness (QED) is 0.860. The van der Waals surface area contributed by atoms with Crippen LogP contribution in [-0.4, -0.2) is 26.3 Å². The highest BCUT2D eigenvalue weighted by molar-refractivity contribution is 5.27. The summed E-state index contributed by atoms with van der Waals surface area (Å²) in [5.41, 5.74) is 2.22. The Balaban J connectivity index is 2.11. The lowest BCUT2D eigenvalue weighted by atomic mass is 9.81. The van der Waals surface area contributed by atoms with Gasteiger partial charge in [0.15, 0.2) is 0 Å². The van der Waals surface area contributed by atoms with Crippen LogP contribution < -0.4 is 5.32 Å². The number of benzene rings is 1. The van der Waals surface area contributed by atoms with Gasteiger partial charge in [-0.3, -0.25) is 0 Å². The number of hydrogen-bond donors (Lipinski definition) is 1. The second-order valence-electron chi connectivity index (χ2n) is 6.27. The second-order valence-corrected chi connectivity index (χ2v) is 6.27. The van der Waals surface area contributed by atoms with Gasteiger partial charge in [-0.05, 0) is 62.4 Å². The maximum atomic E-state index is 13.5. The van der Waals surface area contributed by atoms with Gasteiger partial charge >= 0.3 is 0 Å². The van der Waals surface area contributed by atoms with Crippen LogP contribution in [0.4, 0.5) is 4.39 Å². The van der Waals surface area contributed by atoms with Crippen LogP contribution in [0.1, 0.15) is 43.2 Å². The molecule has 0 aliphatic heterocycles. The largest absolute Gasteiger partial charge is 0.380 e. The van der Waals surface area contributed by atoms with E-state index in [-0.39, 0.29) is 18.0 Å². The Labute approximate surface area is 128 Å². The smallest absolute Gasteiger partial charge is 0.123 e. The molecule has 3 heteroatoms. The highest BCUT2D eigenvalue weighted by atomic mass is 19.1. The zero-order chi connectivity index (χ0) is 15.2. The fourth-order valence-corrected chi connectivity index (χ4v) is 3.63. The lowest BCUT2D eigenvalue weighted by Gasteiger charge is -2.35. The Morgan fingerprint density at radius 1 is 1.29 bits per heavy atom. The van der Waals surface area contributed by atoms with E-state index in [0.29, 0.717) is 5.92 Å². The highest BCUT2D eigenvalue weighted by Crippen LogP contribution is 2.30. The summed E-state index contributed by atoms with van der Waals surface area (Å²) in [7, 11) is 3.79. The molecule has 118 valence electrons. The van der Waals surface area contributed by atoms with Crippen molar-refractivity contribution in [3.8, 4) is 0 Å². The number of rotatable bonds is 6. The summed E-state index contributed by atoms with van der Waals surface area (Å²) >= 11 is 0. The molecule has 1 saturated carbocycles. The molecule has 1 aliphatic rings. The van der Waals surface area contributed by atoms with Gasteiger partial charge in [0.2, 0.25) is 0 Å². The highest BCUT2D eigenvalue weighted by Gasteiger charge is 2.30. The van der Waals surface area contributed by atoms with Crippen molar-refractivity contribution in [1.29, 1.82) is 0 Å². The first kappa shape index (κ1) is 16.4. The SMILES string of the molecule is CNC(Cc1cc(F)ccc1C)C(OC)C1CCCCC1. The summed E-state index contributed by atoms with van der Waals surface area (Å²) in [6.45, 7) is 2.05. The molecule has 1 aliphatic carbocycles. The molecule has 0 spiro atoms. The third-order valence-electron chi connectivity index (χ3n) is 4.90. The van der Waals surface area contributed by atoms with E-state index in [1.54, 1.807) is 6.07 Å². The van der Waals surface area contributed by atoms with Crippen molar-refractivity contribution in [3.05, 3.63) is 35.1 Å². The van der Waals surface area contributed by atoms with E-state index in [1.807, 2.05) is 27.1 Å². The molecule has 2 unspecified atom stereocenters. The van der Waals surface area contributed by atoms with E-state index >= 15 is 0 Å². The van der Waals surface area contributed by atoms with Gasteiger partial charge in [-0.2, -0.15) is 0 Å². The molecular formula is C18H28FNO. The molecule has 1 aromatic carbocycles. The van der Waals surface area contributed by atoms with Crippen molar-refractivity contribution < 1.29 is 9.13 Å². The average molecular weight is 293 g/mol. The van der Waals surface area contributed by atoms with Crippen LogP contribution in [-0.2, 0) is 11.2 Å². The van der Waals surface area contributed by atoms with Crippen LogP contribution in [0.2, 0.25) is 0 Å². The number of likely N-dealkylation sites (N-methyl/N-ethyl adjacent to an activating group) is 1. The van der Waals surface area contributed by atoms with Crippen LogP contribution in [0, 0.1) is 18.7 Å². The first-order valence-electron chi connectivity index (χ1n) is 8.10. The normalized spacial score (nSPS) is 19.4. The second kappa shape index (κ2) is 7.90. The third kappa shape index (κ3) is 4.27. The fraction of sp³-hybridized carbons (Fsp3) is 0.667. The van der Waals surface area contributed by atoms with Gasteiger partial charge in [0.1, 0.15) is 5.82 Å². The molecule has 0 amide bonds. The third-order valence-corrected chi connectivity index (χ3v) is 4.90. The maximum absolute atomic E-state index is 13.5. The molecule has 0 heterocycles. The van der Waals surface area contributed by atoms with Crippen molar-refractivity contribution in [2.75, 3.05) is 14.2 Å². The zero-order valence-corrected chi connectivity index (χ0v) is 13.5. The van der Waals surface area contributed by atoms with Crippen molar-refractivity contribution in [2.24, 2.45) is 5.92 Å². The van der Waals surface area contributed by atoms with Gasteiger partial charge in [0.25, 0.3) is 0 Å². The molecule has 1 fully saturated rings. The summed E-state index contributed by atoms with van der Waals surface area (Å²) in [6.07, 6.45) is 7.48. The molecule has 21 heavy (non-hydrogen) atoms. The summed E-state index contributed by atoms with van der Waals surface area (Å²) < 4.78 is 19.3. The Bertz CT molecular complexity index is 443. The number of aryl methyl sites for hydroxylation is 1. The minimum Gasteiger partial charge on any atom is -0.380 e. The minimum absolute atomic E-state index is 0.155. The van der Waals surface area contributed by atoms with E-state index in [1.165, 1.54) is 38.2 Å². The molecule has 2 nitrogen and oxygen atoms in total. The van der Waals surface area contributed by atoms with Crippen molar-refractivity contribution in [1.82, 2.24) is 5.32 Å². The Morgan fingerprint density at radius 3 is 2.62 bits per heavy atom. The standard InChI is InChI=1S/C18H28FNO/c1-13-9-10-16(19)11-15(13)12-17(20-2)18(21-3)14-7-5-4-6-8-14/h9-11,14,17-18,20H,4-8,12H2,1-3H3. The molecule has 0 aromatic heterocycles. The van der Waals surface area contributed by atoms with Crippen molar-refractivity contribution in [3.63, 3.8) is 0 Å². The number of nitrogens with one attached hydrogen (secondary N) is 1. The van der Waals surface area contributed by atoms with Gasteiger partial charge in [-0.1, -0.05) is 25.3 Å². The van der Waals surface area contributed by atoms with E-state index in [2.05, 4.69) is 5.32 Å². The Morgan fingerprint density at radius 2 is 2.00 bits per heavy atom. The summed E-state index contributed by atoms with van der Waals surface area (Å²) in [5, 5.41) is 3.40. The lowest BCUT2D eigenvalue weighted by Crippen LogP contribution is -2.45. The molecule has 0 radical (unpaired) electrons. The van der Waals surface area contributed by atoms with Gasteiger partial charge in [0.05, 0.1) is 6.10 Å². The van der Waals surface area contributed by atoms with Gasteiger partial charge in [-0.15, -0.1) is 0 Å². The minimum atomic E-state index is -0.155. The van der Waals surface area contributed by atoms with E-state index in [4.69, 9.17) is 4.74 Å². The predicted octanol–water partition coefficient (Wildman–Crippen LogP) is 3.86. The Hall–Kier alpha value is -0.930. The van der Waals surface area contributed by atoms with E-state index < -0.39 is 0 Å². The monoisotopic (exact) mass is 293 g/mol. The first-order valence-corrected chi connectivity index (χ1v) is 8.10. The Kier molecular flexibility index (Phi) is 6.19. The van der Waals surface area contributed by atoms with Crippen LogP contribution >= 0.6 is 0 Å². The van der Waals surface area contributed by atoms with Crippen LogP contribution in [0.3, 0.4) is 0 Å². The fourth-order valence-electron chi connectivity index (χ4n) is 3.63. The average Bonchev–Trinajstić information content (AvgIpc) is 2.51. The van der Waals surface area contributed by atoms with Crippen LogP contribution in [0.5, 0.6) is 0 Å². The van der Waals surface area contributed by atoms with Gasteiger partial charge in [0, 0.05) is 13.2 Å². The topological polar surface area (TPSA) is 21.3 Å². The summed E-state index contributed by atoms with van der Waals surface area (Å²) in [5.74, 6) is 0.465. The van der Waals surface area contributed by atoms with Crippen LogP contribution in [0.25, 0.3) is 0 Å². The maximum Gasteiger partial charge on any atom is 0.123 e. The van der Waals surface area contributed by atoms with Crippen molar-refractivity contribution >= 4 is 0 Å². The lowest BCUT2D eigenvalue weighted by molar-refractivity contribution is 0.0101. The number of hydrogen-bond acceptors (Lipinski definition) is 2. The van der Waals surface area contributed by atoms with Crippen LogP contribution in [0.15, 0.2) is 18.2 Å². The molecule has 2 atom stereocenters. The van der Waals surface area contributed by atoms with Gasteiger partial charge < -0.3 is 10.1 Å². The molecule has 2 rings (SSSR count). The number of methoxy groups -OCH3 is 1.